The molecule has 2 atom stereocenters. The highest BCUT2D eigenvalue weighted by Gasteiger charge is 2.30. The summed E-state index contributed by atoms with van der Waals surface area (Å²) >= 11 is 0. The van der Waals surface area contributed by atoms with Crippen LogP contribution in [0.1, 0.15) is 17.5 Å². The number of H-pyrrole nitrogens is 1. The fourth-order valence-electron chi connectivity index (χ4n) is 1.46. The number of nitrogens with zero attached hydrogens (tertiary/aromatic N) is 1. The highest BCUT2D eigenvalue weighted by atomic mass is 16.2. The molecule has 2 rings (SSSR count). The number of aromatic amines is 1. The lowest BCUT2D eigenvalue weighted by Gasteiger charge is -2.26. The van der Waals surface area contributed by atoms with Crippen LogP contribution in [0.5, 0.6) is 0 Å². The molecule has 1 saturated heterocycles. The number of aromatic nitrogens is 2. The summed E-state index contributed by atoms with van der Waals surface area (Å²) in [5, 5.41) is 5.59. The summed E-state index contributed by atoms with van der Waals surface area (Å²) in [7, 11) is 0. The second kappa shape index (κ2) is 3.82. The number of ketones is 1. The topological polar surface area (TPSA) is 86.9 Å². The minimum absolute atomic E-state index is 0.161. The molecule has 0 spiro atoms. The van der Waals surface area contributed by atoms with E-state index in [1.165, 1.54) is 6.20 Å². The molecule has 6 heteroatoms. The van der Waals surface area contributed by atoms with E-state index in [1.807, 2.05) is 0 Å². The maximum atomic E-state index is 11.8. The lowest BCUT2D eigenvalue weighted by Crippen LogP contribution is -2.59. The zero-order valence-corrected chi connectivity index (χ0v) is 8.28. The smallest absolute Gasteiger partial charge is 0.237 e. The number of carbonyl (C=O) groups is 2. The van der Waals surface area contributed by atoms with Gasteiger partial charge >= 0.3 is 0 Å². The van der Waals surface area contributed by atoms with Crippen molar-refractivity contribution in [2.24, 2.45) is 0 Å². The molecule has 1 amide bonds. The second-order valence-electron chi connectivity index (χ2n) is 3.49. The van der Waals surface area contributed by atoms with Gasteiger partial charge in [0.1, 0.15) is 6.04 Å². The molecule has 0 radical (unpaired) electrons. The van der Waals surface area contributed by atoms with Crippen molar-refractivity contribution in [3.63, 3.8) is 0 Å². The number of hydrogen-bond acceptors (Lipinski definition) is 4. The van der Waals surface area contributed by atoms with Gasteiger partial charge in [-0.15, -0.1) is 0 Å². The third-order valence-electron chi connectivity index (χ3n) is 2.39. The van der Waals surface area contributed by atoms with Crippen molar-refractivity contribution in [3.05, 3.63) is 18.2 Å². The lowest BCUT2D eigenvalue weighted by molar-refractivity contribution is -0.124. The predicted octanol–water partition coefficient (Wildman–Crippen LogP) is -0.931. The molecule has 0 aromatic carbocycles. The first-order chi connectivity index (χ1) is 7.18. The summed E-state index contributed by atoms with van der Waals surface area (Å²) in [6, 6.07) is -0.773. The van der Waals surface area contributed by atoms with Crippen molar-refractivity contribution in [2.75, 3.05) is 6.54 Å². The largest absolute Gasteiger partial charge is 0.343 e. The van der Waals surface area contributed by atoms with Gasteiger partial charge < -0.3 is 15.6 Å². The molecule has 1 fully saturated rings. The standard InChI is InChI=1S/C9H12N4O2/c1-5-9(15)13-6(4-12-5)7(14)8-10-2-3-11-8/h2-3,5-6,12H,4H2,1H3,(H,10,11)(H,13,15). The summed E-state index contributed by atoms with van der Waals surface area (Å²) < 4.78 is 0. The maximum Gasteiger partial charge on any atom is 0.237 e. The van der Waals surface area contributed by atoms with Crippen LogP contribution >= 0.6 is 0 Å². The highest BCUT2D eigenvalue weighted by Crippen LogP contribution is 2.01. The van der Waals surface area contributed by atoms with Crippen molar-refractivity contribution < 1.29 is 9.59 Å². The van der Waals surface area contributed by atoms with Crippen LogP contribution in [0.3, 0.4) is 0 Å². The molecule has 1 aromatic rings. The molecule has 1 aliphatic rings. The van der Waals surface area contributed by atoms with Crippen LogP contribution in [0, 0.1) is 0 Å². The van der Waals surface area contributed by atoms with Gasteiger partial charge in [-0.3, -0.25) is 9.59 Å². The lowest BCUT2D eigenvalue weighted by atomic mass is 10.1. The van der Waals surface area contributed by atoms with Crippen LogP contribution in [-0.2, 0) is 4.79 Å². The van der Waals surface area contributed by atoms with E-state index in [0.29, 0.717) is 6.54 Å². The van der Waals surface area contributed by atoms with Gasteiger partial charge in [-0.05, 0) is 6.92 Å². The third-order valence-corrected chi connectivity index (χ3v) is 2.39. The Morgan fingerprint density at radius 2 is 2.40 bits per heavy atom. The van der Waals surface area contributed by atoms with Crippen molar-refractivity contribution in [1.29, 1.82) is 0 Å². The fourth-order valence-corrected chi connectivity index (χ4v) is 1.46. The van der Waals surface area contributed by atoms with Gasteiger partial charge in [0.25, 0.3) is 0 Å². The minimum Gasteiger partial charge on any atom is -0.343 e. The van der Waals surface area contributed by atoms with E-state index in [-0.39, 0.29) is 23.6 Å². The van der Waals surface area contributed by atoms with E-state index in [0.717, 1.165) is 0 Å². The fraction of sp³-hybridized carbons (Fsp3) is 0.444. The average Bonchev–Trinajstić information content (AvgIpc) is 2.74. The minimum atomic E-state index is -0.528. The predicted molar refractivity (Wildman–Crippen MR) is 52.3 cm³/mol. The Hall–Kier alpha value is -1.69. The SMILES string of the molecule is CC1NCC(C(=O)c2ncc[nH]2)NC1=O. The first-order valence-electron chi connectivity index (χ1n) is 4.76. The molecule has 0 saturated carbocycles. The van der Waals surface area contributed by atoms with E-state index in [2.05, 4.69) is 20.6 Å². The van der Waals surface area contributed by atoms with Gasteiger partial charge in [0.2, 0.25) is 11.7 Å². The summed E-state index contributed by atoms with van der Waals surface area (Å²) in [4.78, 5) is 29.7. The quantitative estimate of drug-likeness (QED) is 0.548. The Bertz CT molecular complexity index is 373. The molecular weight excluding hydrogens is 196 g/mol. The molecule has 1 aliphatic heterocycles. The van der Waals surface area contributed by atoms with Gasteiger partial charge in [0, 0.05) is 18.9 Å². The monoisotopic (exact) mass is 208 g/mol. The van der Waals surface area contributed by atoms with Crippen LogP contribution in [0.25, 0.3) is 0 Å². The summed E-state index contributed by atoms with van der Waals surface area (Å²) in [5.74, 6) is -0.0874. The number of imidazole rings is 1. The van der Waals surface area contributed by atoms with E-state index < -0.39 is 6.04 Å². The third kappa shape index (κ3) is 1.89. The van der Waals surface area contributed by atoms with Crippen molar-refractivity contribution in [2.45, 2.75) is 19.0 Å². The average molecular weight is 208 g/mol. The van der Waals surface area contributed by atoms with Gasteiger partial charge in [-0.2, -0.15) is 0 Å². The molecule has 1 aromatic heterocycles. The molecule has 80 valence electrons. The van der Waals surface area contributed by atoms with Crippen molar-refractivity contribution in [3.8, 4) is 0 Å². The zero-order valence-electron chi connectivity index (χ0n) is 8.28. The molecule has 2 unspecified atom stereocenters. The zero-order chi connectivity index (χ0) is 10.8. The first kappa shape index (κ1) is 9.85. The number of rotatable bonds is 2. The number of nitrogens with one attached hydrogen (secondary N) is 3. The molecular formula is C9H12N4O2. The molecule has 0 bridgehead atoms. The summed E-state index contributed by atoms with van der Waals surface area (Å²) in [5.41, 5.74) is 0. The Balaban J connectivity index is 2.07. The normalized spacial score (nSPS) is 26.1. The van der Waals surface area contributed by atoms with Crippen LogP contribution in [0.15, 0.2) is 12.4 Å². The van der Waals surface area contributed by atoms with Crippen molar-refractivity contribution >= 4 is 11.7 Å². The Morgan fingerprint density at radius 3 is 3.00 bits per heavy atom. The van der Waals surface area contributed by atoms with Crippen molar-refractivity contribution in [1.82, 2.24) is 20.6 Å². The Morgan fingerprint density at radius 1 is 1.60 bits per heavy atom. The van der Waals surface area contributed by atoms with E-state index in [1.54, 1.807) is 13.1 Å². The summed E-state index contributed by atoms with van der Waals surface area (Å²) in [6.45, 7) is 2.19. The maximum absolute atomic E-state index is 11.8. The number of hydrogen-bond donors (Lipinski definition) is 3. The molecule has 2 heterocycles. The Labute approximate surface area is 86.5 Å². The van der Waals surface area contributed by atoms with E-state index >= 15 is 0 Å². The highest BCUT2D eigenvalue weighted by molar-refractivity contribution is 6.00. The Kier molecular flexibility index (Phi) is 2.51. The number of Topliss-reactive ketones (excluding diaryl/α,β-unsaturated/α-hetero) is 1. The number of amides is 1. The number of piperazine rings is 1. The molecule has 15 heavy (non-hydrogen) atoms. The van der Waals surface area contributed by atoms with Crippen LogP contribution < -0.4 is 10.6 Å². The van der Waals surface area contributed by atoms with E-state index in [9.17, 15) is 9.59 Å². The van der Waals surface area contributed by atoms with Gasteiger partial charge in [0.05, 0.1) is 6.04 Å². The van der Waals surface area contributed by atoms with Crippen LogP contribution in [0.4, 0.5) is 0 Å². The summed E-state index contributed by atoms with van der Waals surface area (Å²) in [6.07, 6.45) is 3.09. The molecule has 6 nitrogen and oxygen atoms in total. The number of carbonyl (C=O) groups excluding carboxylic acids is 2. The second-order valence-corrected chi connectivity index (χ2v) is 3.49. The van der Waals surface area contributed by atoms with Gasteiger partial charge in [-0.25, -0.2) is 4.98 Å². The molecule has 3 N–H and O–H groups in total. The van der Waals surface area contributed by atoms with Gasteiger partial charge in [0.15, 0.2) is 5.82 Å². The first-order valence-corrected chi connectivity index (χ1v) is 4.76. The van der Waals surface area contributed by atoms with Crippen LogP contribution in [-0.4, -0.2) is 40.3 Å². The van der Waals surface area contributed by atoms with Crippen LogP contribution in [0.2, 0.25) is 0 Å². The molecule has 0 aliphatic carbocycles. The van der Waals surface area contributed by atoms with Gasteiger partial charge in [-0.1, -0.05) is 0 Å². The van der Waals surface area contributed by atoms with E-state index in [4.69, 9.17) is 0 Å².